The van der Waals surface area contributed by atoms with Crippen LogP contribution in [-0.4, -0.2) is 34.9 Å². The van der Waals surface area contributed by atoms with E-state index in [4.69, 9.17) is 33.2 Å². The fourth-order valence-electron chi connectivity index (χ4n) is 3.76. The molecule has 0 bridgehead atoms. The van der Waals surface area contributed by atoms with E-state index in [9.17, 15) is 0 Å². The van der Waals surface area contributed by atoms with Gasteiger partial charge in [-0.25, -0.2) is 4.98 Å². The van der Waals surface area contributed by atoms with Crippen molar-refractivity contribution in [2.45, 2.75) is 26.8 Å². The van der Waals surface area contributed by atoms with E-state index in [-0.39, 0.29) is 0 Å². The van der Waals surface area contributed by atoms with Crippen molar-refractivity contribution >= 4 is 45.6 Å². The number of rotatable bonds is 4. The van der Waals surface area contributed by atoms with E-state index in [1.54, 1.807) is 6.07 Å². The van der Waals surface area contributed by atoms with Gasteiger partial charge in [-0.3, -0.25) is 4.99 Å². The van der Waals surface area contributed by atoms with Crippen LogP contribution in [-0.2, 0) is 6.54 Å². The zero-order valence-corrected chi connectivity index (χ0v) is 17.1. The zero-order valence-electron chi connectivity index (χ0n) is 15.5. The molecule has 1 aliphatic heterocycles. The molecule has 0 N–H and O–H groups in total. The lowest BCUT2D eigenvalue weighted by Gasteiger charge is -2.23. The minimum Gasteiger partial charge on any atom is -0.370 e. The molecule has 6 heteroatoms. The fourth-order valence-corrected chi connectivity index (χ4v) is 4.26. The Morgan fingerprint density at radius 3 is 2.67 bits per heavy atom. The summed E-state index contributed by atoms with van der Waals surface area (Å²) in [5.74, 6) is 0.881. The Balaban J connectivity index is 1.95. The molecule has 140 valence electrons. The van der Waals surface area contributed by atoms with Crippen molar-refractivity contribution in [3.05, 3.63) is 57.8 Å². The minimum atomic E-state index is 0.603. The number of para-hydroxylation sites is 1. The van der Waals surface area contributed by atoms with E-state index in [1.807, 2.05) is 12.1 Å². The zero-order chi connectivity index (χ0) is 19.0. The minimum absolute atomic E-state index is 0.603. The molecule has 0 saturated heterocycles. The number of aromatic nitrogens is 2. The predicted molar refractivity (Wildman–Crippen MR) is 115 cm³/mol. The molecule has 1 aliphatic rings. The van der Waals surface area contributed by atoms with E-state index < -0.39 is 0 Å². The molecule has 0 amide bonds. The van der Waals surface area contributed by atoms with Crippen LogP contribution in [0.4, 0.5) is 5.69 Å². The van der Waals surface area contributed by atoms with Gasteiger partial charge in [0.05, 0.1) is 21.7 Å². The Hall–Kier alpha value is -2.04. The highest BCUT2D eigenvalue weighted by Crippen LogP contribution is 2.32. The number of hydrogen-bond acceptors (Lipinski definition) is 3. The number of halogens is 2. The summed E-state index contributed by atoms with van der Waals surface area (Å²) in [5.41, 5.74) is 5.12. The summed E-state index contributed by atoms with van der Waals surface area (Å²) in [6.07, 6.45) is 0.972. The SMILES string of the molecule is CCN(CC)c1cccc2nc3n(c12)CCCN=C3c1ccc(Cl)cc1Cl. The van der Waals surface area contributed by atoms with Crippen LogP contribution in [0.25, 0.3) is 11.0 Å². The fraction of sp³-hybridized carbons (Fsp3) is 0.333. The van der Waals surface area contributed by atoms with Gasteiger partial charge in [-0.05, 0) is 50.6 Å². The summed E-state index contributed by atoms with van der Waals surface area (Å²) in [4.78, 5) is 12.2. The summed E-state index contributed by atoms with van der Waals surface area (Å²) in [5, 5.41) is 1.22. The van der Waals surface area contributed by atoms with Crippen LogP contribution in [0.1, 0.15) is 31.7 Å². The van der Waals surface area contributed by atoms with Gasteiger partial charge in [0, 0.05) is 36.8 Å². The quantitative estimate of drug-likeness (QED) is 0.584. The van der Waals surface area contributed by atoms with Crippen LogP contribution in [0.2, 0.25) is 10.0 Å². The number of aliphatic imine (C=N–C) groups is 1. The first-order chi connectivity index (χ1) is 13.1. The molecule has 0 atom stereocenters. The number of anilines is 1. The Bertz CT molecular complexity index is 1020. The third kappa shape index (κ3) is 3.21. The molecule has 4 rings (SSSR count). The van der Waals surface area contributed by atoms with Crippen LogP contribution in [0, 0.1) is 0 Å². The first kappa shape index (κ1) is 18.3. The van der Waals surface area contributed by atoms with Crippen molar-refractivity contribution in [3.63, 3.8) is 0 Å². The summed E-state index contributed by atoms with van der Waals surface area (Å²) in [6.45, 7) is 7.93. The number of hydrogen-bond donors (Lipinski definition) is 0. The Morgan fingerprint density at radius 2 is 1.93 bits per heavy atom. The average Bonchev–Trinajstić information content (AvgIpc) is 2.91. The van der Waals surface area contributed by atoms with E-state index in [2.05, 4.69) is 41.5 Å². The number of benzene rings is 2. The van der Waals surface area contributed by atoms with E-state index in [0.29, 0.717) is 10.0 Å². The van der Waals surface area contributed by atoms with Gasteiger partial charge < -0.3 is 9.47 Å². The van der Waals surface area contributed by atoms with Crippen molar-refractivity contribution in [2.24, 2.45) is 4.99 Å². The second kappa shape index (κ2) is 7.53. The average molecular weight is 401 g/mol. The Labute approximate surface area is 169 Å². The van der Waals surface area contributed by atoms with Crippen molar-refractivity contribution in [3.8, 4) is 0 Å². The third-order valence-corrected chi connectivity index (χ3v) is 5.61. The highest BCUT2D eigenvalue weighted by atomic mass is 35.5. The molecule has 1 aromatic heterocycles. The molecular weight excluding hydrogens is 379 g/mol. The van der Waals surface area contributed by atoms with Gasteiger partial charge in [-0.2, -0.15) is 0 Å². The molecule has 2 aromatic carbocycles. The van der Waals surface area contributed by atoms with Crippen LogP contribution < -0.4 is 4.90 Å². The molecule has 0 spiro atoms. The monoisotopic (exact) mass is 400 g/mol. The van der Waals surface area contributed by atoms with Crippen molar-refractivity contribution in [2.75, 3.05) is 24.5 Å². The van der Waals surface area contributed by atoms with E-state index >= 15 is 0 Å². The summed E-state index contributed by atoms with van der Waals surface area (Å²) < 4.78 is 2.31. The lowest BCUT2D eigenvalue weighted by molar-refractivity contribution is 0.675. The first-order valence-electron chi connectivity index (χ1n) is 9.38. The largest absolute Gasteiger partial charge is 0.370 e. The van der Waals surface area contributed by atoms with Gasteiger partial charge in [0.15, 0.2) is 5.82 Å². The molecule has 0 fully saturated rings. The van der Waals surface area contributed by atoms with Gasteiger partial charge in [-0.1, -0.05) is 29.3 Å². The molecule has 0 saturated carbocycles. The predicted octanol–water partition coefficient (Wildman–Crippen LogP) is 5.43. The van der Waals surface area contributed by atoms with E-state index in [0.717, 1.165) is 55.2 Å². The molecule has 0 aliphatic carbocycles. The van der Waals surface area contributed by atoms with Crippen LogP contribution in [0.5, 0.6) is 0 Å². The second-order valence-corrected chi connectivity index (χ2v) is 7.46. The van der Waals surface area contributed by atoms with Gasteiger partial charge >= 0.3 is 0 Å². The maximum Gasteiger partial charge on any atom is 0.160 e. The molecule has 4 nitrogen and oxygen atoms in total. The summed E-state index contributed by atoms with van der Waals surface area (Å²) in [6, 6.07) is 11.9. The van der Waals surface area contributed by atoms with Gasteiger partial charge in [-0.15, -0.1) is 0 Å². The number of aryl methyl sites for hydroxylation is 1. The van der Waals surface area contributed by atoms with Gasteiger partial charge in [0.2, 0.25) is 0 Å². The topological polar surface area (TPSA) is 33.4 Å². The highest BCUT2D eigenvalue weighted by molar-refractivity contribution is 6.37. The van der Waals surface area contributed by atoms with Gasteiger partial charge in [0.1, 0.15) is 5.71 Å². The van der Waals surface area contributed by atoms with Crippen molar-refractivity contribution in [1.82, 2.24) is 9.55 Å². The van der Waals surface area contributed by atoms with Crippen molar-refractivity contribution < 1.29 is 0 Å². The summed E-state index contributed by atoms with van der Waals surface area (Å²) >= 11 is 12.6. The third-order valence-electron chi connectivity index (χ3n) is 5.06. The molecular formula is C21H22Cl2N4. The van der Waals surface area contributed by atoms with Gasteiger partial charge in [0.25, 0.3) is 0 Å². The normalized spacial score (nSPS) is 14.0. The Morgan fingerprint density at radius 1 is 1.11 bits per heavy atom. The Kier molecular flexibility index (Phi) is 5.11. The number of nitrogens with zero attached hydrogens (tertiary/aromatic N) is 4. The standard InChI is InChI=1S/C21H22Cl2N4/c1-3-26(4-2)18-8-5-7-17-20(18)27-12-6-11-24-19(21(27)25-17)15-10-9-14(22)13-16(15)23/h5,7-10,13H,3-4,6,11-12H2,1-2H3. The number of fused-ring (bicyclic) bond motifs is 3. The molecule has 0 radical (unpaired) electrons. The first-order valence-corrected chi connectivity index (χ1v) is 10.1. The maximum atomic E-state index is 6.50. The van der Waals surface area contributed by atoms with Crippen molar-refractivity contribution in [1.29, 1.82) is 0 Å². The number of imidazole rings is 1. The van der Waals surface area contributed by atoms with E-state index in [1.165, 1.54) is 11.2 Å². The highest BCUT2D eigenvalue weighted by Gasteiger charge is 2.23. The molecule has 0 unspecified atom stereocenters. The molecule has 27 heavy (non-hydrogen) atoms. The molecule has 3 aromatic rings. The van der Waals surface area contributed by atoms with Crippen LogP contribution in [0.3, 0.4) is 0 Å². The lowest BCUT2D eigenvalue weighted by Crippen LogP contribution is -2.22. The second-order valence-electron chi connectivity index (χ2n) is 6.61. The van der Waals surface area contributed by atoms with Crippen LogP contribution >= 0.6 is 23.2 Å². The van der Waals surface area contributed by atoms with Crippen LogP contribution in [0.15, 0.2) is 41.4 Å². The molecule has 2 heterocycles. The maximum absolute atomic E-state index is 6.50. The summed E-state index contributed by atoms with van der Waals surface area (Å²) in [7, 11) is 0. The lowest BCUT2D eigenvalue weighted by atomic mass is 10.1. The smallest absolute Gasteiger partial charge is 0.160 e.